The van der Waals surface area contributed by atoms with Gasteiger partial charge in [-0.3, -0.25) is 4.79 Å². The number of hydrogen-bond acceptors (Lipinski definition) is 3. The Hall–Kier alpha value is -3.09. The monoisotopic (exact) mass is 431 g/mol. The molecule has 2 aromatic carbocycles. The van der Waals surface area contributed by atoms with Crippen molar-refractivity contribution in [3.05, 3.63) is 82.1 Å². The van der Waals surface area contributed by atoms with Crippen LogP contribution in [-0.4, -0.2) is 23.4 Å². The van der Waals surface area contributed by atoms with Crippen molar-refractivity contribution in [2.75, 3.05) is 6.61 Å². The summed E-state index contributed by atoms with van der Waals surface area (Å²) in [6, 6.07) is 12.6. The van der Waals surface area contributed by atoms with E-state index in [1.165, 1.54) is 23.1 Å². The van der Waals surface area contributed by atoms with Crippen molar-refractivity contribution in [1.82, 2.24) is 4.90 Å². The second-order valence-electron chi connectivity index (χ2n) is 7.47. The summed E-state index contributed by atoms with van der Waals surface area (Å²) in [5.74, 6) is -2.07. The third kappa shape index (κ3) is 4.65. The van der Waals surface area contributed by atoms with E-state index >= 15 is 0 Å². The van der Waals surface area contributed by atoms with Gasteiger partial charge < -0.3 is 9.64 Å². The molecule has 0 spiro atoms. The first-order valence-corrected chi connectivity index (χ1v) is 10.0. The van der Waals surface area contributed by atoms with Gasteiger partial charge in [0.25, 0.3) is 0 Å². The molecule has 0 aromatic heterocycles. The summed E-state index contributed by atoms with van der Waals surface area (Å²) in [7, 11) is 0. The first kappa shape index (κ1) is 22.6. The number of benzene rings is 2. The van der Waals surface area contributed by atoms with Gasteiger partial charge in [0.05, 0.1) is 24.3 Å². The number of carbonyl (C=O) groups is 2. The lowest BCUT2D eigenvalue weighted by Gasteiger charge is -2.35. The Bertz CT molecular complexity index is 1030. The third-order valence-electron chi connectivity index (χ3n) is 5.55. The van der Waals surface area contributed by atoms with Crippen LogP contribution >= 0.6 is 0 Å². The Labute approximate surface area is 179 Å². The van der Waals surface area contributed by atoms with Crippen LogP contribution in [0.2, 0.25) is 0 Å². The average molecular weight is 431 g/mol. The van der Waals surface area contributed by atoms with E-state index in [1.807, 2.05) is 31.2 Å². The SMILES string of the molecule is CCOC(=O)C1=C(C)N(Cc2ccccc2C)C(=O)CC1c1ccccc1C(F)(F)F. The molecule has 0 N–H and O–H groups in total. The van der Waals surface area contributed by atoms with Gasteiger partial charge in [0.1, 0.15) is 0 Å². The lowest BCUT2D eigenvalue weighted by molar-refractivity contribution is -0.142. The fraction of sp³-hybridized carbons (Fsp3) is 0.333. The molecular formula is C24H24F3NO3. The average Bonchev–Trinajstić information content (AvgIpc) is 2.71. The number of allylic oxidation sites excluding steroid dienone is 1. The van der Waals surface area contributed by atoms with E-state index in [2.05, 4.69) is 0 Å². The number of halogens is 3. The molecule has 0 saturated heterocycles. The fourth-order valence-electron chi connectivity index (χ4n) is 3.96. The van der Waals surface area contributed by atoms with Gasteiger partial charge in [-0.25, -0.2) is 4.79 Å². The van der Waals surface area contributed by atoms with Crippen molar-refractivity contribution in [2.24, 2.45) is 0 Å². The minimum absolute atomic E-state index is 0.0784. The van der Waals surface area contributed by atoms with E-state index in [9.17, 15) is 22.8 Å². The number of esters is 1. The van der Waals surface area contributed by atoms with Crippen LogP contribution in [-0.2, 0) is 27.0 Å². The lowest BCUT2D eigenvalue weighted by Crippen LogP contribution is -2.38. The topological polar surface area (TPSA) is 46.6 Å². The first-order chi connectivity index (χ1) is 14.6. The van der Waals surface area contributed by atoms with Crippen LogP contribution in [0.25, 0.3) is 0 Å². The van der Waals surface area contributed by atoms with E-state index in [4.69, 9.17) is 4.74 Å². The summed E-state index contributed by atoms with van der Waals surface area (Å²) < 4.78 is 46.1. The Kier molecular flexibility index (Phi) is 6.53. The van der Waals surface area contributed by atoms with Crippen LogP contribution in [0, 0.1) is 6.92 Å². The quantitative estimate of drug-likeness (QED) is 0.598. The standard InChI is InChI=1S/C24H24F3NO3/c1-4-31-23(30)22-16(3)28(14-17-10-6-5-9-15(17)2)21(29)13-19(22)18-11-7-8-12-20(18)24(25,26)27/h5-12,19H,4,13-14H2,1-3H3. The van der Waals surface area contributed by atoms with Crippen molar-refractivity contribution in [1.29, 1.82) is 0 Å². The van der Waals surface area contributed by atoms with Crippen LogP contribution in [0.4, 0.5) is 13.2 Å². The van der Waals surface area contributed by atoms with Crippen molar-refractivity contribution in [2.45, 2.75) is 45.8 Å². The molecule has 0 fully saturated rings. The molecule has 0 bridgehead atoms. The summed E-state index contributed by atoms with van der Waals surface area (Å²) in [6.45, 7) is 5.44. The maximum Gasteiger partial charge on any atom is 0.416 e. The maximum absolute atomic E-state index is 13.7. The Morgan fingerprint density at radius 3 is 2.39 bits per heavy atom. The minimum atomic E-state index is -4.61. The molecule has 31 heavy (non-hydrogen) atoms. The van der Waals surface area contributed by atoms with Gasteiger partial charge in [-0.2, -0.15) is 13.2 Å². The zero-order valence-electron chi connectivity index (χ0n) is 17.6. The highest BCUT2D eigenvalue weighted by atomic mass is 19.4. The smallest absolute Gasteiger partial charge is 0.416 e. The van der Waals surface area contributed by atoms with Gasteiger partial charge in [0, 0.05) is 18.0 Å². The van der Waals surface area contributed by atoms with Crippen molar-refractivity contribution < 1.29 is 27.5 Å². The highest BCUT2D eigenvalue weighted by Gasteiger charge is 2.42. The van der Waals surface area contributed by atoms with Crippen LogP contribution in [0.5, 0.6) is 0 Å². The molecule has 1 amide bonds. The van der Waals surface area contributed by atoms with E-state index in [0.29, 0.717) is 5.70 Å². The third-order valence-corrected chi connectivity index (χ3v) is 5.55. The molecule has 1 aliphatic rings. The van der Waals surface area contributed by atoms with Gasteiger partial charge in [-0.15, -0.1) is 0 Å². The molecule has 164 valence electrons. The molecule has 7 heteroatoms. The molecule has 4 nitrogen and oxygen atoms in total. The van der Waals surface area contributed by atoms with E-state index in [1.54, 1.807) is 13.8 Å². The predicted molar refractivity (Wildman–Crippen MR) is 110 cm³/mol. The molecule has 1 heterocycles. The first-order valence-electron chi connectivity index (χ1n) is 10.0. The van der Waals surface area contributed by atoms with Gasteiger partial charge in [-0.1, -0.05) is 42.5 Å². The Balaban J connectivity index is 2.13. The van der Waals surface area contributed by atoms with Gasteiger partial charge in [0.2, 0.25) is 5.91 Å². The van der Waals surface area contributed by atoms with Crippen molar-refractivity contribution in [3.8, 4) is 0 Å². The second-order valence-corrected chi connectivity index (χ2v) is 7.47. The van der Waals surface area contributed by atoms with E-state index in [0.717, 1.165) is 17.2 Å². The van der Waals surface area contributed by atoms with Crippen LogP contribution in [0.1, 0.15) is 48.4 Å². The number of hydrogen-bond donors (Lipinski definition) is 0. The van der Waals surface area contributed by atoms with Crippen LogP contribution < -0.4 is 0 Å². The Morgan fingerprint density at radius 1 is 1.10 bits per heavy atom. The highest BCUT2D eigenvalue weighted by molar-refractivity contribution is 5.96. The number of amides is 1. The summed E-state index contributed by atoms with van der Waals surface area (Å²) >= 11 is 0. The molecule has 1 aliphatic heterocycles. The van der Waals surface area contributed by atoms with Crippen molar-refractivity contribution >= 4 is 11.9 Å². The number of rotatable bonds is 5. The fourth-order valence-corrected chi connectivity index (χ4v) is 3.96. The second kappa shape index (κ2) is 8.96. The normalized spacial score (nSPS) is 17.2. The number of ether oxygens (including phenoxy) is 1. The predicted octanol–water partition coefficient (Wildman–Crippen LogP) is 5.37. The highest BCUT2D eigenvalue weighted by Crippen LogP contribution is 2.43. The van der Waals surface area contributed by atoms with Gasteiger partial charge in [0.15, 0.2) is 0 Å². The number of alkyl halides is 3. The van der Waals surface area contributed by atoms with Crippen LogP contribution in [0.3, 0.4) is 0 Å². The Morgan fingerprint density at radius 2 is 1.74 bits per heavy atom. The van der Waals surface area contributed by atoms with Gasteiger partial charge >= 0.3 is 12.1 Å². The molecule has 0 radical (unpaired) electrons. The zero-order chi connectivity index (χ0) is 22.8. The molecular weight excluding hydrogens is 407 g/mol. The van der Waals surface area contributed by atoms with Crippen molar-refractivity contribution in [3.63, 3.8) is 0 Å². The van der Waals surface area contributed by atoms with E-state index < -0.39 is 23.6 Å². The molecule has 1 atom stereocenters. The summed E-state index contributed by atoms with van der Waals surface area (Å²) in [4.78, 5) is 27.3. The summed E-state index contributed by atoms with van der Waals surface area (Å²) in [6.07, 6.45) is -4.85. The molecule has 2 aromatic rings. The molecule has 1 unspecified atom stereocenters. The number of nitrogens with zero attached hydrogens (tertiary/aromatic N) is 1. The maximum atomic E-state index is 13.7. The van der Waals surface area contributed by atoms with E-state index in [-0.39, 0.29) is 36.6 Å². The molecule has 0 saturated carbocycles. The molecule has 3 rings (SSSR count). The summed E-state index contributed by atoms with van der Waals surface area (Å²) in [5.41, 5.74) is 1.33. The largest absolute Gasteiger partial charge is 0.463 e. The minimum Gasteiger partial charge on any atom is -0.463 e. The number of aryl methyl sites for hydroxylation is 1. The molecule has 0 aliphatic carbocycles. The van der Waals surface area contributed by atoms with Gasteiger partial charge in [-0.05, 0) is 43.5 Å². The van der Waals surface area contributed by atoms with Crippen LogP contribution in [0.15, 0.2) is 59.8 Å². The number of carbonyl (C=O) groups excluding carboxylic acids is 2. The summed E-state index contributed by atoms with van der Waals surface area (Å²) in [5, 5.41) is 0. The zero-order valence-corrected chi connectivity index (χ0v) is 17.6. The lowest BCUT2D eigenvalue weighted by atomic mass is 9.81.